The van der Waals surface area contributed by atoms with Crippen LogP contribution in [0.25, 0.3) is 0 Å². The van der Waals surface area contributed by atoms with Crippen LogP contribution in [0.2, 0.25) is 10.0 Å². The molecule has 0 heterocycles. The lowest BCUT2D eigenvalue weighted by atomic mass is 10.1. The molecule has 0 spiro atoms. The Labute approximate surface area is 185 Å². The second-order valence-corrected chi connectivity index (χ2v) is 7.56. The Morgan fingerprint density at radius 3 is 2.53 bits per heavy atom. The highest BCUT2D eigenvalue weighted by molar-refractivity contribution is 6.32. The van der Waals surface area contributed by atoms with E-state index in [1.54, 1.807) is 31.4 Å². The molecule has 3 aromatic carbocycles. The van der Waals surface area contributed by atoms with E-state index >= 15 is 0 Å². The predicted octanol–water partition coefficient (Wildman–Crippen LogP) is 6.20. The summed E-state index contributed by atoms with van der Waals surface area (Å²) in [6.07, 6.45) is 0. The Morgan fingerprint density at radius 1 is 1.07 bits per heavy atom. The van der Waals surface area contributed by atoms with E-state index in [0.717, 1.165) is 22.4 Å². The van der Waals surface area contributed by atoms with Crippen LogP contribution in [0.3, 0.4) is 0 Å². The number of benzene rings is 3. The van der Waals surface area contributed by atoms with Gasteiger partial charge >= 0.3 is 5.97 Å². The molecule has 156 valence electrons. The van der Waals surface area contributed by atoms with Crippen molar-refractivity contribution < 1.29 is 19.4 Å². The highest BCUT2D eigenvalue weighted by atomic mass is 35.5. The first-order chi connectivity index (χ1) is 14.4. The maximum atomic E-state index is 11.1. The zero-order valence-electron chi connectivity index (χ0n) is 16.5. The molecule has 0 amide bonds. The molecule has 3 aromatic rings. The van der Waals surface area contributed by atoms with Crippen LogP contribution in [-0.2, 0) is 13.2 Å². The minimum absolute atomic E-state index is 0.254. The van der Waals surface area contributed by atoms with E-state index in [9.17, 15) is 4.79 Å². The summed E-state index contributed by atoms with van der Waals surface area (Å²) in [6.45, 7) is 2.65. The first-order valence-electron chi connectivity index (χ1n) is 9.19. The van der Waals surface area contributed by atoms with Crippen LogP contribution in [0.4, 0.5) is 5.69 Å². The third-order valence-corrected chi connectivity index (χ3v) is 5.03. The van der Waals surface area contributed by atoms with Crippen molar-refractivity contribution >= 4 is 34.9 Å². The summed E-state index contributed by atoms with van der Waals surface area (Å²) in [4.78, 5) is 11.1. The molecule has 0 saturated heterocycles. The van der Waals surface area contributed by atoms with Crippen molar-refractivity contribution in [3.8, 4) is 11.5 Å². The molecule has 0 aromatic heterocycles. The van der Waals surface area contributed by atoms with Gasteiger partial charge in [-0.25, -0.2) is 4.79 Å². The molecule has 0 unspecified atom stereocenters. The van der Waals surface area contributed by atoms with Gasteiger partial charge in [-0.05, 0) is 66.1 Å². The number of methoxy groups -OCH3 is 1. The van der Waals surface area contributed by atoms with E-state index in [2.05, 4.69) is 5.32 Å². The predicted molar refractivity (Wildman–Crippen MR) is 119 cm³/mol. The summed E-state index contributed by atoms with van der Waals surface area (Å²) < 4.78 is 11.3. The lowest BCUT2D eigenvalue weighted by Crippen LogP contribution is -2.04. The summed E-state index contributed by atoms with van der Waals surface area (Å²) in [6, 6.07) is 16.0. The molecule has 0 atom stereocenters. The molecule has 0 aliphatic heterocycles. The molecule has 3 rings (SSSR count). The van der Waals surface area contributed by atoms with E-state index in [1.807, 2.05) is 37.3 Å². The number of hydrogen-bond acceptors (Lipinski definition) is 4. The minimum Gasteiger partial charge on any atom is -0.493 e. The van der Waals surface area contributed by atoms with E-state index < -0.39 is 5.97 Å². The number of nitrogens with one attached hydrogen (secondary N) is 1. The van der Waals surface area contributed by atoms with Crippen molar-refractivity contribution in [2.75, 3.05) is 12.4 Å². The number of aromatic carboxylic acids is 1. The number of anilines is 1. The van der Waals surface area contributed by atoms with Crippen molar-refractivity contribution in [3.05, 3.63) is 86.9 Å². The monoisotopic (exact) mass is 445 g/mol. The van der Waals surface area contributed by atoms with Gasteiger partial charge < -0.3 is 19.9 Å². The second kappa shape index (κ2) is 9.74. The van der Waals surface area contributed by atoms with Gasteiger partial charge in [-0.15, -0.1) is 0 Å². The molecule has 7 heteroatoms. The van der Waals surface area contributed by atoms with Gasteiger partial charge in [0.2, 0.25) is 0 Å². The lowest BCUT2D eigenvalue weighted by molar-refractivity contribution is 0.0697. The summed E-state index contributed by atoms with van der Waals surface area (Å²) in [7, 11) is 1.56. The van der Waals surface area contributed by atoms with Gasteiger partial charge in [0.1, 0.15) is 6.61 Å². The SMILES string of the molecule is COc1cc(CNc2ccc(C(=O)O)cc2C)cc(Cl)c1OCc1cccc(Cl)c1. The summed E-state index contributed by atoms with van der Waals surface area (Å²) in [5.41, 5.74) is 3.76. The first kappa shape index (κ1) is 21.8. The smallest absolute Gasteiger partial charge is 0.335 e. The van der Waals surface area contributed by atoms with Crippen molar-refractivity contribution in [1.82, 2.24) is 0 Å². The highest BCUT2D eigenvalue weighted by Gasteiger charge is 2.13. The van der Waals surface area contributed by atoms with Gasteiger partial charge in [-0.3, -0.25) is 0 Å². The molecular formula is C23H21Cl2NO4. The van der Waals surface area contributed by atoms with Gasteiger partial charge in [-0.1, -0.05) is 35.3 Å². The Hall–Kier alpha value is -2.89. The van der Waals surface area contributed by atoms with Gasteiger partial charge in [-0.2, -0.15) is 0 Å². The summed E-state index contributed by atoms with van der Waals surface area (Å²) >= 11 is 12.5. The van der Waals surface area contributed by atoms with Crippen molar-refractivity contribution in [2.24, 2.45) is 0 Å². The maximum Gasteiger partial charge on any atom is 0.335 e. The third-order valence-electron chi connectivity index (χ3n) is 4.52. The second-order valence-electron chi connectivity index (χ2n) is 6.72. The third kappa shape index (κ3) is 5.38. The average molecular weight is 446 g/mol. The standard InChI is InChI=1S/C23H21Cl2NO4/c1-14-8-17(23(27)28)6-7-20(14)26-12-16-10-19(25)22(21(11-16)29-2)30-13-15-4-3-5-18(24)9-15/h3-11,26H,12-13H2,1-2H3,(H,27,28). The molecule has 0 aliphatic rings. The Kier molecular flexibility index (Phi) is 7.08. The molecule has 0 radical (unpaired) electrons. The Morgan fingerprint density at radius 2 is 1.87 bits per heavy atom. The van der Waals surface area contributed by atoms with E-state index in [0.29, 0.717) is 34.7 Å². The van der Waals surface area contributed by atoms with Crippen LogP contribution in [-0.4, -0.2) is 18.2 Å². The Balaban J connectivity index is 1.72. The maximum absolute atomic E-state index is 11.1. The van der Waals surface area contributed by atoms with Crippen LogP contribution in [0.1, 0.15) is 27.0 Å². The van der Waals surface area contributed by atoms with Crippen LogP contribution >= 0.6 is 23.2 Å². The number of carbonyl (C=O) groups is 1. The number of carboxylic acids is 1. The van der Waals surface area contributed by atoms with Crippen LogP contribution < -0.4 is 14.8 Å². The number of ether oxygens (including phenoxy) is 2. The largest absolute Gasteiger partial charge is 0.493 e. The average Bonchev–Trinajstić information content (AvgIpc) is 2.71. The first-order valence-corrected chi connectivity index (χ1v) is 9.94. The van der Waals surface area contributed by atoms with Crippen LogP contribution in [0.15, 0.2) is 54.6 Å². The molecule has 30 heavy (non-hydrogen) atoms. The van der Waals surface area contributed by atoms with E-state index in [1.165, 1.54) is 0 Å². The van der Waals surface area contributed by atoms with Gasteiger partial charge in [0.05, 0.1) is 17.7 Å². The fourth-order valence-corrected chi connectivity index (χ4v) is 3.49. The van der Waals surface area contributed by atoms with Crippen LogP contribution in [0.5, 0.6) is 11.5 Å². The molecule has 5 nitrogen and oxygen atoms in total. The van der Waals surface area contributed by atoms with Gasteiger partial charge in [0.15, 0.2) is 11.5 Å². The van der Waals surface area contributed by atoms with Crippen LogP contribution in [0, 0.1) is 6.92 Å². The molecule has 0 fully saturated rings. The Bertz CT molecular complexity index is 1070. The summed E-state index contributed by atoms with van der Waals surface area (Å²) in [5.74, 6) is 0.0405. The van der Waals surface area contributed by atoms with E-state index in [-0.39, 0.29) is 5.56 Å². The number of aryl methyl sites for hydroxylation is 1. The zero-order valence-corrected chi connectivity index (χ0v) is 18.1. The molecule has 0 bridgehead atoms. The number of halogens is 2. The molecule has 0 saturated carbocycles. The van der Waals surface area contributed by atoms with Gasteiger partial charge in [0.25, 0.3) is 0 Å². The topological polar surface area (TPSA) is 67.8 Å². The number of hydrogen-bond donors (Lipinski definition) is 2. The fraction of sp³-hybridized carbons (Fsp3) is 0.174. The summed E-state index contributed by atoms with van der Waals surface area (Å²) in [5, 5.41) is 13.5. The van der Waals surface area contributed by atoms with Crippen molar-refractivity contribution in [2.45, 2.75) is 20.1 Å². The molecule has 0 aliphatic carbocycles. The zero-order chi connectivity index (χ0) is 21.7. The van der Waals surface area contributed by atoms with Gasteiger partial charge in [0, 0.05) is 17.3 Å². The number of rotatable bonds is 8. The highest BCUT2D eigenvalue weighted by Crippen LogP contribution is 2.37. The minimum atomic E-state index is -0.950. The molecule has 2 N–H and O–H groups in total. The normalized spacial score (nSPS) is 10.5. The quantitative estimate of drug-likeness (QED) is 0.431. The van der Waals surface area contributed by atoms with Crippen molar-refractivity contribution in [1.29, 1.82) is 0 Å². The lowest BCUT2D eigenvalue weighted by Gasteiger charge is -2.16. The molecular weight excluding hydrogens is 425 g/mol. The fourth-order valence-electron chi connectivity index (χ4n) is 2.99. The number of carboxylic acid groups (broad SMARTS) is 1. The van der Waals surface area contributed by atoms with Crippen molar-refractivity contribution in [3.63, 3.8) is 0 Å². The van der Waals surface area contributed by atoms with E-state index in [4.69, 9.17) is 37.8 Å².